The number of carbonyl (C=O) groups excluding carboxylic acids is 1. The van der Waals surface area contributed by atoms with Gasteiger partial charge in [-0.05, 0) is 37.1 Å². The van der Waals surface area contributed by atoms with Crippen LogP contribution in [0.15, 0.2) is 53.1 Å². The van der Waals surface area contributed by atoms with Crippen molar-refractivity contribution in [3.8, 4) is 11.3 Å². The third-order valence-corrected chi connectivity index (χ3v) is 6.62. The average molecular weight is 399 g/mol. The van der Waals surface area contributed by atoms with Crippen molar-refractivity contribution in [1.29, 1.82) is 0 Å². The van der Waals surface area contributed by atoms with E-state index in [4.69, 9.17) is 4.42 Å². The fourth-order valence-corrected chi connectivity index (χ4v) is 5.06. The molecule has 3 aromatic rings. The number of rotatable bonds is 5. The van der Waals surface area contributed by atoms with Crippen LogP contribution in [0.5, 0.6) is 0 Å². The van der Waals surface area contributed by atoms with Gasteiger partial charge >= 0.3 is 0 Å². The Morgan fingerprint density at radius 3 is 2.71 bits per heavy atom. The lowest BCUT2D eigenvalue weighted by molar-refractivity contribution is 0.0942. The summed E-state index contributed by atoms with van der Waals surface area (Å²) in [6, 6.07) is 12.9. The van der Waals surface area contributed by atoms with E-state index in [0.717, 1.165) is 16.8 Å². The summed E-state index contributed by atoms with van der Waals surface area (Å²) in [5.41, 5.74) is 3.01. The Morgan fingerprint density at radius 2 is 2.07 bits per heavy atom. The van der Waals surface area contributed by atoms with E-state index in [1.807, 2.05) is 31.2 Å². The number of nitrogens with zero attached hydrogens (tertiary/aromatic N) is 2. The van der Waals surface area contributed by atoms with Crippen molar-refractivity contribution in [1.82, 2.24) is 15.1 Å². The van der Waals surface area contributed by atoms with E-state index in [2.05, 4.69) is 10.4 Å². The number of sulfone groups is 1. The summed E-state index contributed by atoms with van der Waals surface area (Å²) in [5, 5.41) is 7.25. The van der Waals surface area contributed by atoms with Crippen LogP contribution in [0.3, 0.4) is 0 Å². The normalized spacial score (nSPS) is 18.2. The van der Waals surface area contributed by atoms with Crippen LogP contribution in [-0.4, -0.2) is 35.6 Å². The SMILES string of the molecule is Cc1ccc(-c2cc(C(=O)NCc3ccco3)nn2C2CCS(=O)(=O)C2)cc1. The van der Waals surface area contributed by atoms with Gasteiger partial charge in [-0.2, -0.15) is 5.10 Å². The lowest BCUT2D eigenvalue weighted by atomic mass is 10.1. The molecule has 3 heterocycles. The zero-order valence-corrected chi connectivity index (χ0v) is 16.3. The predicted octanol–water partition coefficient (Wildman–Crippen LogP) is 2.74. The molecule has 1 aliphatic heterocycles. The second-order valence-electron chi connectivity index (χ2n) is 7.04. The molecular weight excluding hydrogens is 378 g/mol. The number of hydrogen-bond donors (Lipinski definition) is 1. The Morgan fingerprint density at radius 1 is 1.29 bits per heavy atom. The van der Waals surface area contributed by atoms with Crippen LogP contribution in [0.25, 0.3) is 11.3 Å². The molecule has 1 amide bonds. The zero-order chi connectivity index (χ0) is 19.7. The molecule has 7 nitrogen and oxygen atoms in total. The Labute approximate surface area is 163 Å². The van der Waals surface area contributed by atoms with E-state index in [-0.39, 0.29) is 35.7 Å². The summed E-state index contributed by atoms with van der Waals surface area (Å²) in [6.45, 7) is 2.26. The van der Waals surface area contributed by atoms with Crippen molar-refractivity contribution in [2.24, 2.45) is 0 Å². The second-order valence-corrected chi connectivity index (χ2v) is 9.27. The number of aryl methyl sites for hydroxylation is 1. The highest BCUT2D eigenvalue weighted by molar-refractivity contribution is 7.91. The minimum atomic E-state index is -3.07. The molecular formula is C20H21N3O4S. The van der Waals surface area contributed by atoms with Gasteiger partial charge in [-0.1, -0.05) is 29.8 Å². The van der Waals surface area contributed by atoms with Crippen LogP contribution < -0.4 is 5.32 Å². The molecule has 8 heteroatoms. The molecule has 1 saturated heterocycles. The molecule has 1 fully saturated rings. The topological polar surface area (TPSA) is 94.2 Å². The van der Waals surface area contributed by atoms with Gasteiger partial charge in [0.2, 0.25) is 0 Å². The summed E-state index contributed by atoms with van der Waals surface area (Å²) < 4.78 is 30.8. The van der Waals surface area contributed by atoms with E-state index in [1.165, 1.54) is 0 Å². The number of benzene rings is 1. The molecule has 28 heavy (non-hydrogen) atoms. The van der Waals surface area contributed by atoms with Gasteiger partial charge in [-0.25, -0.2) is 8.42 Å². The second kappa shape index (κ2) is 7.27. The summed E-state index contributed by atoms with van der Waals surface area (Å²) in [4.78, 5) is 12.6. The van der Waals surface area contributed by atoms with Gasteiger partial charge in [-0.3, -0.25) is 9.48 Å². The molecule has 1 N–H and O–H groups in total. The Balaban J connectivity index is 1.65. The Bertz CT molecular complexity index is 1080. The summed E-state index contributed by atoms with van der Waals surface area (Å²) >= 11 is 0. The highest BCUT2D eigenvalue weighted by atomic mass is 32.2. The van der Waals surface area contributed by atoms with Gasteiger partial charge in [-0.15, -0.1) is 0 Å². The van der Waals surface area contributed by atoms with Gasteiger partial charge in [0, 0.05) is 0 Å². The molecule has 1 aromatic carbocycles. The lowest BCUT2D eigenvalue weighted by Crippen LogP contribution is -2.23. The van der Waals surface area contributed by atoms with E-state index in [0.29, 0.717) is 12.2 Å². The first-order valence-corrected chi connectivity index (χ1v) is 10.9. The van der Waals surface area contributed by atoms with E-state index < -0.39 is 9.84 Å². The van der Waals surface area contributed by atoms with Gasteiger partial charge in [0.25, 0.3) is 5.91 Å². The van der Waals surface area contributed by atoms with Crippen LogP contribution in [0.1, 0.15) is 34.3 Å². The molecule has 1 atom stereocenters. The summed E-state index contributed by atoms with van der Waals surface area (Å²) in [5.74, 6) is 0.504. The zero-order valence-electron chi connectivity index (χ0n) is 15.5. The van der Waals surface area contributed by atoms with Gasteiger partial charge < -0.3 is 9.73 Å². The van der Waals surface area contributed by atoms with Crippen molar-refractivity contribution in [3.05, 3.63) is 65.7 Å². The largest absolute Gasteiger partial charge is 0.467 e. The van der Waals surface area contributed by atoms with Gasteiger partial charge in [0.15, 0.2) is 15.5 Å². The maximum atomic E-state index is 12.6. The summed E-state index contributed by atoms with van der Waals surface area (Å²) in [7, 11) is -3.07. The quantitative estimate of drug-likeness (QED) is 0.712. The highest BCUT2D eigenvalue weighted by Gasteiger charge is 2.32. The van der Waals surface area contributed by atoms with E-state index in [1.54, 1.807) is 29.1 Å². The molecule has 0 radical (unpaired) electrons. The average Bonchev–Trinajstić information content (AvgIpc) is 3.39. The Kier molecular flexibility index (Phi) is 4.80. The van der Waals surface area contributed by atoms with Crippen molar-refractivity contribution < 1.29 is 17.6 Å². The molecule has 2 aromatic heterocycles. The molecule has 1 unspecified atom stereocenters. The monoisotopic (exact) mass is 399 g/mol. The van der Waals surface area contributed by atoms with Crippen LogP contribution in [0, 0.1) is 6.92 Å². The van der Waals surface area contributed by atoms with Crippen molar-refractivity contribution in [3.63, 3.8) is 0 Å². The van der Waals surface area contributed by atoms with Crippen LogP contribution in [0.4, 0.5) is 0 Å². The lowest BCUT2D eigenvalue weighted by Gasteiger charge is -2.13. The molecule has 146 valence electrons. The number of carbonyl (C=O) groups is 1. The number of amides is 1. The standard InChI is InChI=1S/C20H21N3O4S/c1-14-4-6-15(7-5-14)19-11-18(20(24)21-12-17-3-2-9-27-17)22-23(19)16-8-10-28(25,26)13-16/h2-7,9,11,16H,8,10,12-13H2,1H3,(H,21,24). The van der Waals surface area contributed by atoms with Crippen molar-refractivity contribution in [2.45, 2.75) is 25.9 Å². The predicted molar refractivity (Wildman–Crippen MR) is 105 cm³/mol. The van der Waals surface area contributed by atoms with Crippen molar-refractivity contribution >= 4 is 15.7 Å². The first kappa shape index (κ1) is 18.5. The number of furan rings is 1. The number of nitrogens with one attached hydrogen (secondary N) is 1. The fraction of sp³-hybridized carbons (Fsp3) is 0.300. The van der Waals surface area contributed by atoms with Crippen molar-refractivity contribution in [2.75, 3.05) is 11.5 Å². The molecule has 0 spiro atoms. The van der Waals surface area contributed by atoms with Crippen LogP contribution in [0.2, 0.25) is 0 Å². The van der Waals surface area contributed by atoms with Gasteiger partial charge in [0.1, 0.15) is 5.76 Å². The molecule has 0 aliphatic carbocycles. The molecule has 4 rings (SSSR count). The molecule has 1 aliphatic rings. The smallest absolute Gasteiger partial charge is 0.272 e. The first-order valence-electron chi connectivity index (χ1n) is 9.09. The maximum Gasteiger partial charge on any atom is 0.272 e. The highest BCUT2D eigenvalue weighted by Crippen LogP contribution is 2.30. The minimum absolute atomic E-state index is 0.0427. The van der Waals surface area contributed by atoms with Crippen LogP contribution >= 0.6 is 0 Å². The fourth-order valence-electron chi connectivity index (χ4n) is 3.36. The van der Waals surface area contributed by atoms with E-state index >= 15 is 0 Å². The molecule has 0 saturated carbocycles. The third-order valence-electron chi connectivity index (χ3n) is 4.87. The third kappa shape index (κ3) is 3.87. The summed E-state index contributed by atoms with van der Waals surface area (Å²) in [6.07, 6.45) is 2.04. The number of hydrogen-bond acceptors (Lipinski definition) is 5. The number of aromatic nitrogens is 2. The first-order chi connectivity index (χ1) is 13.4. The van der Waals surface area contributed by atoms with Crippen LogP contribution in [-0.2, 0) is 16.4 Å². The maximum absolute atomic E-state index is 12.6. The van der Waals surface area contributed by atoms with Gasteiger partial charge in [0.05, 0.1) is 36.0 Å². The molecule has 0 bridgehead atoms. The Hall–Kier alpha value is -2.87. The van der Waals surface area contributed by atoms with E-state index in [9.17, 15) is 13.2 Å². The minimum Gasteiger partial charge on any atom is -0.467 e.